The van der Waals surface area contributed by atoms with Crippen LogP contribution in [0.4, 0.5) is 11.5 Å². The van der Waals surface area contributed by atoms with Crippen molar-refractivity contribution >= 4 is 23.2 Å². The number of carbonyl (C=O) groups excluding carboxylic acids is 2. The van der Waals surface area contributed by atoms with Crippen LogP contribution in [0.3, 0.4) is 0 Å². The second-order valence-corrected chi connectivity index (χ2v) is 5.56. The Kier molecular flexibility index (Phi) is 6.01. The Morgan fingerprint density at radius 3 is 2.67 bits per heavy atom. The number of ketones is 1. The molecule has 2 N–H and O–H groups in total. The minimum atomic E-state index is -0.334. The first-order chi connectivity index (χ1) is 11.5. The number of rotatable bonds is 7. The van der Waals surface area contributed by atoms with Crippen LogP contribution in [0.5, 0.6) is 0 Å². The van der Waals surface area contributed by atoms with E-state index in [1.807, 2.05) is 0 Å². The van der Waals surface area contributed by atoms with Gasteiger partial charge in [-0.25, -0.2) is 9.97 Å². The lowest BCUT2D eigenvalue weighted by molar-refractivity contribution is 0.100. The third-order valence-electron chi connectivity index (χ3n) is 3.43. The van der Waals surface area contributed by atoms with E-state index in [-0.39, 0.29) is 17.4 Å². The molecule has 0 bridgehead atoms. The zero-order valence-corrected chi connectivity index (χ0v) is 14.2. The Hall–Kier alpha value is -2.76. The van der Waals surface area contributed by atoms with Crippen molar-refractivity contribution < 1.29 is 9.59 Å². The Bertz CT molecular complexity index is 744. The zero-order valence-electron chi connectivity index (χ0n) is 14.2. The van der Waals surface area contributed by atoms with Gasteiger partial charge in [-0.15, -0.1) is 0 Å². The molecule has 24 heavy (non-hydrogen) atoms. The molecule has 1 heterocycles. The fraction of sp³-hybridized carbons (Fsp3) is 0.333. The molecule has 0 spiro atoms. The first-order valence-corrected chi connectivity index (χ1v) is 8.01. The maximum absolute atomic E-state index is 12.4. The number of hydrogen-bond donors (Lipinski definition) is 2. The number of aromatic nitrogens is 2. The smallest absolute Gasteiger partial charge is 0.274 e. The molecule has 1 amide bonds. The van der Waals surface area contributed by atoms with Gasteiger partial charge in [-0.1, -0.05) is 25.5 Å². The molecule has 2 rings (SSSR count). The van der Waals surface area contributed by atoms with E-state index in [4.69, 9.17) is 0 Å². The third-order valence-corrected chi connectivity index (χ3v) is 3.43. The van der Waals surface area contributed by atoms with Crippen molar-refractivity contribution in [1.82, 2.24) is 9.97 Å². The van der Waals surface area contributed by atoms with E-state index >= 15 is 0 Å². The number of unbranched alkanes of at least 4 members (excludes halogenated alkanes) is 1. The van der Waals surface area contributed by atoms with Crippen molar-refractivity contribution in [1.29, 1.82) is 0 Å². The van der Waals surface area contributed by atoms with Gasteiger partial charge < -0.3 is 10.6 Å². The maximum atomic E-state index is 12.4. The molecule has 0 aliphatic carbocycles. The molecule has 0 fully saturated rings. The summed E-state index contributed by atoms with van der Waals surface area (Å²) < 4.78 is 0. The van der Waals surface area contributed by atoms with Crippen LogP contribution in [0.15, 0.2) is 30.3 Å². The summed E-state index contributed by atoms with van der Waals surface area (Å²) in [5.74, 6) is 0.781. The predicted molar refractivity (Wildman–Crippen MR) is 94.6 cm³/mol. The van der Waals surface area contributed by atoms with Crippen LogP contribution in [-0.2, 0) is 0 Å². The number of nitrogens with zero attached hydrogens (tertiary/aromatic N) is 2. The molecule has 6 nitrogen and oxygen atoms in total. The summed E-state index contributed by atoms with van der Waals surface area (Å²) in [5.41, 5.74) is 1.40. The highest BCUT2D eigenvalue weighted by atomic mass is 16.2. The van der Waals surface area contributed by atoms with Gasteiger partial charge in [0, 0.05) is 23.9 Å². The van der Waals surface area contributed by atoms with Crippen molar-refractivity contribution in [3.05, 3.63) is 47.4 Å². The number of anilines is 2. The van der Waals surface area contributed by atoms with Crippen LogP contribution in [0.2, 0.25) is 0 Å². The SMILES string of the molecule is CCCCNc1cc(C(=O)Nc2cccc(C(C)=O)c2)nc(C)n1. The number of amides is 1. The highest BCUT2D eigenvalue weighted by molar-refractivity contribution is 6.04. The van der Waals surface area contributed by atoms with Gasteiger partial charge >= 0.3 is 0 Å². The van der Waals surface area contributed by atoms with Crippen LogP contribution in [-0.4, -0.2) is 28.2 Å². The van der Waals surface area contributed by atoms with Crippen LogP contribution in [0, 0.1) is 6.92 Å². The van der Waals surface area contributed by atoms with E-state index in [9.17, 15) is 9.59 Å². The Labute approximate surface area is 141 Å². The molecule has 1 aromatic heterocycles. The van der Waals surface area contributed by atoms with Gasteiger partial charge in [0.25, 0.3) is 5.91 Å². The van der Waals surface area contributed by atoms with Gasteiger partial charge in [-0.2, -0.15) is 0 Å². The van der Waals surface area contributed by atoms with Gasteiger partial charge in [0.1, 0.15) is 17.3 Å². The van der Waals surface area contributed by atoms with Crippen LogP contribution in [0.1, 0.15) is 53.4 Å². The Morgan fingerprint density at radius 2 is 1.96 bits per heavy atom. The van der Waals surface area contributed by atoms with Crippen molar-refractivity contribution in [2.45, 2.75) is 33.6 Å². The van der Waals surface area contributed by atoms with Crippen molar-refractivity contribution in [2.75, 3.05) is 17.2 Å². The topological polar surface area (TPSA) is 84.0 Å². The minimum absolute atomic E-state index is 0.0496. The van der Waals surface area contributed by atoms with Gasteiger partial charge in [0.2, 0.25) is 0 Å². The molecule has 2 aromatic rings. The summed E-state index contributed by atoms with van der Waals surface area (Å²) in [6.07, 6.45) is 2.11. The molecule has 1 aromatic carbocycles. The first kappa shape index (κ1) is 17.6. The highest BCUT2D eigenvalue weighted by Crippen LogP contribution is 2.14. The van der Waals surface area contributed by atoms with E-state index in [1.165, 1.54) is 6.92 Å². The van der Waals surface area contributed by atoms with E-state index in [1.54, 1.807) is 37.3 Å². The summed E-state index contributed by atoms with van der Waals surface area (Å²) >= 11 is 0. The Morgan fingerprint density at radius 1 is 1.17 bits per heavy atom. The largest absolute Gasteiger partial charge is 0.370 e. The van der Waals surface area contributed by atoms with Crippen molar-refractivity contribution in [2.24, 2.45) is 0 Å². The quantitative estimate of drug-likeness (QED) is 0.601. The van der Waals surface area contributed by atoms with Gasteiger partial charge in [0.15, 0.2) is 5.78 Å². The normalized spacial score (nSPS) is 10.3. The fourth-order valence-electron chi connectivity index (χ4n) is 2.18. The van der Waals surface area contributed by atoms with Crippen LogP contribution >= 0.6 is 0 Å². The summed E-state index contributed by atoms with van der Waals surface area (Å²) in [7, 11) is 0. The standard InChI is InChI=1S/C18H22N4O2/c1-4-5-9-19-17-11-16(20-13(3)21-17)18(24)22-15-8-6-7-14(10-15)12(2)23/h6-8,10-11H,4-5,9H2,1-3H3,(H,22,24)(H,19,20,21). The highest BCUT2D eigenvalue weighted by Gasteiger charge is 2.11. The molecule has 0 aliphatic rings. The molecule has 0 saturated heterocycles. The average molecular weight is 326 g/mol. The molecule has 0 radical (unpaired) electrons. The molecule has 0 atom stereocenters. The van der Waals surface area contributed by atoms with E-state index in [0.29, 0.717) is 22.9 Å². The zero-order chi connectivity index (χ0) is 17.5. The number of nitrogens with one attached hydrogen (secondary N) is 2. The lowest BCUT2D eigenvalue weighted by Crippen LogP contribution is -2.16. The van der Waals surface area contributed by atoms with Crippen molar-refractivity contribution in [3.63, 3.8) is 0 Å². The van der Waals surface area contributed by atoms with Gasteiger partial charge in [0.05, 0.1) is 0 Å². The van der Waals surface area contributed by atoms with Crippen LogP contribution < -0.4 is 10.6 Å². The molecule has 0 unspecified atom stereocenters. The summed E-state index contributed by atoms with van der Waals surface area (Å²) in [6.45, 7) is 6.15. The van der Waals surface area contributed by atoms with Crippen molar-refractivity contribution in [3.8, 4) is 0 Å². The van der Waals surface area contributed by atoms with Gasteiger partial charge in [-0.3, -0.25) is 9.59 Å². The second-order valence-electron chi connectivity index (χ2n) is 5.56. The lowest BCUT2D eigenvalue weighted by Gasteiger charge is -2.09. The molecular formula is C18H22N4O2. The van der Waals surface area contributed by atoms with Gasteiger partial charge in [-0.05, 0) is 32.4 Å². The summed E-state index contributed by atoms with van der Waals surface area (Å²) in [5, 5.41) is 5.96. The lowest BCUT2D eigenvalue weighted by atomic mass is 10.1. The number of aryl methyl sites for hydroxylation is 1. The minimum Gasteiger partial charge on any atom is -0.370 e. The number of carbonyl (C=O) groups is 2. The molecule has 6 heteroatoms. The number of benzene rings is 1. The molecular weight excluding hydrogens is 304 g/mol. The van der Waals surface area contributed by atoms with E-state index in [0.717, 1.165) is 19.4 Å². The second kappa shape index (κ2) is 8.19. The molecule has 0 aliphatic heterocycles. The van der Waals surface area contributed by atoms with E-state index in [2.05, 4.69) is 27.5 Å². The van der Waals surface area contributed by atoms with Crippen LogP contribution in [0.25, 0.3) is 0 Å². The third kappa shape index (κ3) is 4.87. The molecule has 126 valence electrons. The van der Waals surface area contributed by atoms with E-state index < -0.39 is 0 Å². The fourth-order valence-corrected chi connectivity index (χ4v) is 2.18. The average Bonchev–Trinajstić information content (AvgIpc) is 2.55. The predicted octanol–water partition coefficient (Wildman–Crippen LogP) is 3.45. The Balaban J connectivity index is 2.14. The number of hydrogen-bond acceptors (Lipinski definition) is 5. The number of Topliss-reactive ketones (excluding diaryl/α,β-unsaturated/α-hetero) is 1. The first-order valence-electron chi connectivity index (χ1n) is 8.01. The summed E-state index contributed by atoms with van der Waals surface area (Å²) in [4.78, 5) is 32.3. The maximum Gasteiger partial charge on any atom is 0.274 e. The summed E-state index contributed by atoms with van der Waals surface area (Å²) in [6, 6.07) is 8.46. The monoisotopic (exact) mass is 326 g/mol. The molecule has 0 saturated carbocycles.